The minimum Gasteiger partial charge on any atom is -0.396 e. The molecule has 1 fully saturated rings. The second kappa shape index (κ2) is 5.41. The molecule has 1 aliphatic rings. The average molecular weight is 305 g/mol. The van der Waals surface area contributed by atoms with E-state index in [-0.39, 0.29) is 11.9 Å². The molecule has 5 nitrogen and oxygen atoms in total. The maximum Gasteiger partial charge on any atom is 0.277 e. The Kier molecular flexibility index (Phi) is 3.59. The van der Waals surface area contributed by atoms with Gasteiger partial charge in [-0.25, -0.2) is 0 Å². The van der Waals surface area contributed by atoms with Crippen molar-refractivity contribution < 1.29 is 4.79 Å². The summed E-state index contributed by atoms with van der Waals surface area (Å²) in [5, 5.41) is 4.86. The number of carbonyl (C=O) groups is 1. The molecule has 0 saturated carbocycles. The van der Waals surface area contributed by atoms with Gasteiger partial charge < -0.3 is 10.6 Å². The zero-order valence-corrected chi connectivity index (χ0v) is 12.5. The molecular weight excluding hydrogens is 288 g/mol. The molecule has 2 N–H and O–H groups in total. The van der Waals surface area contributed by atoms with Crippen molar-refractivity contribution in [1.82, 2.24) is 14.7 Å². The summed E-state index contributed by atoms with van der Waals surface area (Å²) in [6.07, 6.45) is 3.55. The van der Waals surface area contributed by atoms with Gasteiger partial charge in [-0.3, -0.25) is 9.48 Å². The third-order valence-electron chi connectivity index (χ3n) is 3.81. The monoisotopic (exact) mass is 304 g/mol. The predicted molar refractivity (Wildman–Crippen MR) is 82.1 cm³/mol. The molecule has 0 radical (unpaired) electrons. The zero-order chi connectivity index (χ0) is 15.0. The number of anilines is 1. The molecule has 0 spiro atoms. The molecule has 1 amide bonds. The molecule has 3 rings (SSSR count). The van der Waals surface area contributed by atoms with Crippen LogP contribution < -0.4 is 5.73 Å². The first-order chi connectivity index (χ1) is 10.1. The van der Waals surface area contributed by atoms with Gasteiger partial charge in [0.1, 0.15) is 0 Å². The number of halogens is 1. The quantitative estimate of drug-likeness (QED) is 0.927. The number of carbonyl (C=O) groups excluding carboxylic acids is 1. The molecule has 21 heavy (non-hydrogen) atoms. The third kappa shape index (κ3) is 2.61. The van der Waals surface area contributed by atoms with Gasteiger partial charge in [0.2, 0.25) is 0 Å². The fourth-order valence-electron chi connectivity index (χ4n) is 2.88. The molecule has 1 saturated heterocycles. The van der Waals surface area contributed by atoms with Crippen molar-refractivity contribution in [1.29, 1.82) is 0 Å². The van der Waals surface area contributed by atoms with Crippen LogP contribution in [0.3, 0.4) is 0 Å². The number of hydrogen-bond acceptors (Lipinski definition) is 3. The van der Waals surface area contributed by atoms with Crippen LogP contribution in [0.1, 0.15) is 34.9 Å². The number of benzene rings is 1. The topological polar surface area (TPSA) is 64.2 Å². The van der Waals surface area contributed by atoms with Crippen molar-refractivity contribution in [2.75, 3.05) is 12.3 Å². The highest BCUT2D eigenvalue weighted by Crippen LogP contribution is 2.34. The van der Waals surface area contributed by atoms with E-state index in [4.69, 9.17) is 17.3 Å². The highest BCUT2D eigenvalue weighted by atomic mass is 35.5. The largest absolute Gasteiger partial charge is 0.396 e. The van der Waals surface area contributed by atoms with Crippen molar-refractivity contribution >= 4 is 23.2 Å². The SMILES string of the molecule is Cn1cc(N)c(C(=O)N2CCCC2c2cccc(Cl)c2)n1. The van der Waals surface area contributed by atoms with Crippen LogP contribution >= 0.6 is 11.6 Å². The summed E-state index contributed by atoms with van der Waals surface area (Å²) in [5.74, 6) is -0.115. The van der Waals surface area contributed by atoms with Crippen molar-refractivity contribution in [3.8, 4) is 0 Å². The minimum atomic E-state index is -0.115. The van der Waals surface area contributed by atoms with E-state index in [9.17, 15) is 4.79 Å². The summed E-state index contributed by atoms with van der Waals surface area (Å²) in [5.41, 5.74) is 7.67. The second-order valence-electron chi connectivity index (χ2n) is 5.32. The lowest BCUT2D eigenvalue weighted by atomic mass is 10.0. The van der Waals surface area contributed by atoms with Crippen molar-refractivity contribution in [2.45, 2.75) is 18.9 Å². The maximum atomic E-state index is 12.7. The fourth-order valence-corrected chi connectivity index (χ4v) is 3.08. The molecule has 2 heterocycles. The summed E-state index contributed by atoms with van der Waals surface area (Å²) in [6.45, 7) is 0.714. The lowest BCUT2D eigenvalue weighted by Crippen LogP contribution is -2.31. The Morgan fingerprint density at radius 2 is 2.29 bits per heavy atom. The number of nitrogens with two attached hydrogens (primary N) is 1. The van der Waals surface area contributed by atoms with E-state index < -0.39 is 0 Å². The first-order valence-electron chi connectivity index (χ1n) is 6.92. The van der Waals surface area contributed by atoms with Gasteiger partial charge in [-0.05, 0) is 30.5 Å². The van der Waals surface area contributed by atoms with Crippen LogP contribution in [-0.2, 0) is 7.05 Å². The van der Waals surface area contributed by atoms with Gasteiger partial charge in [-0.15, -0.1) is 0 Å². The van der Waals surface area contributed by atoms with Gasteiger partial charge in [0.25, 0.3) is 5.91 Å². The van der Waals surface area contributed by atoms with E-state index in [1.807, 2.05) is 29.2 Å². The Morgan fingerprint density at radius 1 is 1.48 bits per heavy atom. The zero-order valence-electron chi connectivity index (χ0n) is 11.8. The molecule has 1 aromatic heterocycles. The summed E-state index contributed by atoms with van der Waals surface area (Å²) in [6, 6.07) is 7.71. The number of aromatic nitrogens is 2. The van der Waals surface area contributed by atoms with Crippen LogP contribution in [0.5, 0.6) is 0 Å². The van der Waals surface area contributed by atoms with Crippen LogP contribution in [0, 0.1) is 0 Å². The Hall–Kier alpha value is -2.01. The Bertz CT molecular complexity index is 682. The van der Waals surface area contributed by atoms with Crippen molar-refractivity contribution in [3.63, 3.8) is 0 Å². The molecule has 1 aliphatic heterocycles. The molecule has 1 aromatic carbocycles. The molecule has 1 atom stereocenters. The van der Waals surface area contributed by atoms with Crippen LogP contribution in [0.4, 0.5) is 5.69 Å². The van der Waals surface area contributed by atoms with Gasteiger partial charge in [-0.1, -0.05) is 23.7 Å². The first-order valence-corrected chi connectivity index (χ1v) is 7.29. The molecule has 110 valence electrons. The van der Waals surface area contributed by atoms with E-state index in [0.29, 0.717) is 22.9 Å². The number of nitrogen functional groups attached to an aromatic ring is 1. The van der Waals surface area contributed by atoms with E-state index >= 15 is 0 Å². The highest BCUT2D eigenvalue weighted by molar-refractivity contribution is 6.30. The van der Waals surface area contributed by atoms with E-state index in [1.54, 1.807) is 17.9 Å². The first kappa shape index (κ1) is 13.9. The third-order valence-corrected chi connectivity index (χ3v) is 4.04. The van der Waals surface area contributed by atoms with Crippen LogP contribution in [0.15, 0.2) is 30.5 Å². The summed E-state index contributed by atoms with van der Waals surface area (Å²) in [7, 11) is 1.76. The second-order valence-corrected chi connectivity index (χ2v) is 5.75. The molecule has 6 heteroatoms. The van der Waals surface area contributed by atoms with Gasteiger partial charge in [-0.2, -0.15) is 5.10 Å². The normalized spacial score (nSPS) is 18.2. The Balaban J connectivity index is 1.90. The standard InChI is InChI=1S/C15H17ClN4O/c1-19-9-12(17)14(18-19)15(21)20-7-3-6-13(20)10-4-2-5-11(16)8-10/h2,4-5,8-9,13H,3,6-7,17H2,1H3. The lowest BCUT2D eigenvalue weighted by Gasteiger charge is -2.24. The Labute approximate surface area is 128 Å². The van der Waals surface area contributed by atoms with Crippen LogP contribution in [0.25, 0.3) is 0 Å². The summed E-state index contributed by atoms with van der Waals surface area (Å²) < 4.78 is 1.56. The summed E-state index contributed by atoms with van der Waals surface area (Å²) >= 11 is 6.06. The number of likely N-dealkylation sites (tertiary alicyclic amines) is 1. The van der Waals surface area contributed by atoms with E-state index in [2.05, 4.69) is 5.10 Å². The highest BCUT2D eigenvalue weighted by Gasteiger charge is 2.32. The number of hydrogen-bond donors (Lipinski definition) is 1. The van der Waals surface area contributed by atoms with Crippen molar-refractivity contribution in [2.24, 2.45) is 7.05 Å². The van der Waals surface area contributed by atoms with Gasteiger partial charge in [0, 0.05) is 24.8 Å². The van der Waals surface area contributed by atoms with Crippen LogP contribution in [0.2, 0.25) is 5.02 Å². The predicted octanol–water partition coefficient (Wildman–Crippen LogP) is 2.63. The number of nitrogens with zero attached hydrogens (tertiary/aromatic N) is 3. The maximum absolute atomic E-state index is 12.7. The fraction of sp³-hybridized carbons (Fsp3) is 0.333. The van der Waals surface area contributed by atoms with Gasteiger partial charge in [0.05, 0.1) is 11.7 Å². The molecule has 1 unspecified atom stereocenters. The number of rotatable bonds is 2. The lowest BCUT2D eigenvalue weighted by molar-refractivity contribution is 0.0730. The van der Waals surface area contributed by atoms with Crippen molar-refractivity contribution in [3.05, 3.63) is 46.7 Å². The number of amides is 1. The molecular formula is C15H17ClN4O. The van der Waals surface area contributed by atoms with E-state index in [0.717, 1.165) is 18.4 Å². The van der Waals surface area contributed by atoms with Crippen LogP contribution in [-0.4, -0.2) is 27.1 Å². The number of aryl methyl sites for hydroxylation is 1. The molecule has 0 aliphatic carbocycles. The molecule has 0 bridgehead atoms. The average Bonchev–Trinajstić information content (AvgIpc) is 3.04. The van der Waals surface area contributed by atoms with Gasteiger partial charge >= 0.3 is 0 Å². The van der Waals surface area contributed by atoms with Gasteiger partial charge in [0.15, 0.2) is 5.69 Å². The molecule has 2 aromatic rings. The Morgan fingerprint density at radius 3 is 2.95 bits per heavy atom. The smallest absolute Gasteiger partial charge is 0.277 e. The summed E-state index contributed by atoms with van der Waals surface area (Å²) in [4.78, 5) is 14.5. The minimum absolute atomic E-state index is 0.0395. The van der Waals surface area contributed by atoms with E-state index in [1.165, 1.54) is 0 Å².